The highest BCUT2D eigenvalue weighted by Crippen LogP contribution is 2.26. The molecule has 24 heavy (non-hydrogen) atoms. The number of ether oxygens (including phenoxy) is 1. The Morgan fingerprint density at radius 1 is 1.04 bits per heavy atom. The highest BCUT2D eigenvalue weighted by molar-refractivity contribution is 7.89. The summed E-state index contributed by atoms with van der Waals surface area (Å²) in [5.41, 5.74) is 1.83. The van der Waals surface area contributed by atoms with Crippen LogP contribution >= 0.6 is 0 Å². The van der Waals surface area contributed by atoms with Crippen molar-refractivity contribution in [2.75, 3.05) is 0 Å². The van der Waals surface area contributed by atoms with E-state index in [0.29, 0.717) is 0 Å². The molecule has 0 unspecified atom stereocenters. The SMILES string of the molecule is Cc1ccc(S(=O)(=O)NCc2ccccc2OC(F)(F)F)cc1C. The van der Waals surface area contributed by atoms with E-state index in [1.165, 1.54) is 30.3 Å². The molecule has 0 radical (unpaired) electrons. The fraction of sp³-hybridized carbons (Fsp3) is 0.250. The molecule has 0 fully saturated rings. The van der Waals surface area contributed by atoms with Gasteiger partial charge in [0.25, 0.3) is 0 Å². The lowest BCUT2D eigenvalue weighted by atomic mass is 10.1. The van der Waals surface area contributed by atoms with E-state index in [-0.39, 0.29) is 17.0 Å². The van der Waals surface area contributed by atoms with Crippen molar-refractivity contribution in [1.82, 2.24) is 4.72 Å². The molecule has 8 heteroatoms. The van der Waals surface area contributed by atoms with Crippen LogP contribution in [0.1, 0.15) is 16.7 Å². The monoisotopic (exact) mass is 359 g/mol. The fourth-order valence-electron chi connectivity index (χ4n) is 2.01. The molecule has 1 N–H and O–H groups in total. The molecule has 0 aliphatic rings. The molecular formula is C16H16F3NO3S. The number of para-hydroxylation sites is 1. The zero-order valence-electron chi connectivity index (χ0n) is 13.0. The average molecular weight is 359 g/mol. The third kappa shape index (κ3) is 4.72. The number of hydrogen-bond acceptors (Lipinski definition) is 3. The molecular weight excluding hydrogens is 343 g/mol. The van der Waals surface area contributed by atoms with Crippen LogP contribution in [0.4, 0.5) is 13.2 Å². The minimum atomic E-state index is -4.84. The summed E-state index contributed by atoms with van der Waals surface area (Å²) in [5, 5.41) is 0. The lowest BCUT2D eigenvalue weighted by Crippen LogP contribution is -2.24. The Bertz CT molecular complexity index is 833. The van der Waals surface area contributed by atoms with Crippen LogP contribution in [0.2, 0.25) is 0 Å². The summed E-state index contributed by atoms with van der Waals surface area (Å²) in [4.78, 5) is 0.0554. The van der Waals surface area contributed by atoms with Gasteiger partial charge < -0.3 is 4.74 Å². The third-order valence-electron chi connectivity index (χ3n) is 3.44. The van der Waals surface area contributed by atoms with Crippen LogP contribution in [-0.2, 0) is 16.6 Å². The summed E-state index contributed by atoms with van der Waals surface area (Å²) < 4.78 is 67.9. The van der Waals surface area contributed by atoms with Crippen LogP contribution in [0.15, 0.2) is 47.4 Å². The Balaban J connectivity index is 2.19. The Hall–Kier alpha value is -2.06. The molecule has 4 nitrogen and oxygen atoms in total. The van der Waals surface area contributed by atoms with E-state index in [1.807, 2.05) is 6.92 Å². The summed E-state index contributed by atoms with van der Waals surface area (Å²) in [6, 6.07) is 10.0. The molecule has 0 aliphatic heterocycles. The van der Waals surface area contributed by atoms with Crippen molar-refractivity contribution in [3.8, 4) is 5.75 Å². The van der Waals surface area contributed by atoms with Gasteiger partial charge in [0, 0.05) is 12.1 Å². The second-order valence-electron chi connectivity index (χ2n) is 5.23. The summed E-state index contributed by atoms with van der Waals surface area (Å²) in [6.45, 7) is 3.31. The van der Waals surface area contributed by atoms with Gasteiger partial charge in [0.2, 0.25) is 10.0 Å². The lowest BCUT2D eigenvalue weighted by Gasteiger charge is -2.14. The van der Waals surface area contributed by atoms with E-state index in [2.05, 4.69) is 9.46 Å². The molecule has 0 spiro atoms. The highest BCUT2D eigenvalue weighted by Gasteiger charge is 2.32. The number of aryl methyl sites for hydroxylation is 2. The van der Waals surface area contributed by atoms with Gasteiger partial charge in [-0.15, -0.1) is 13.2 Å². The maximum Gasteiger partial charge on any atom is 0.573 e. The van der Waals surface area contributed by atoms with E-state index in [0.717, 1.165) is 17.2 Å². The van der Waals surface area contributed by atoms with Crippen LogP contribution in [-0.4, -0.2) is 14.8 Å². The Morgan fingerprint density at radius 3 is 2.33 bits per heavy atom. The zero-order chi connectivity index (χ0) is 18.0. The standard InChI is InChI=1S/C16H16F3NO3S/c1-11-7-8-14(9-12(11)2)24(21,22)20-10-13-5-3-4-6-15(13)23-16(17,18)19/h3-9,20H,10H2,1-2H3. The highest BCUT2D eigenvalue weighted by atomic mass is 32.2. The molecule has 0 amide bonds. The first-order valence-corrected chi connectivity index (χ1v) is 8.47. The number of benzene rings is 2. The van der Waals surface area contributed by atoms with Crippen molar-refractivity contribution in [1.29, 1.82) is 0 Å². The molecule has 0 heterocycles. The minimum Gasteiger partial charge on any atom is -0.405 e. The number of rotatable bonds is 5. The largest absolute Gasteiger partial charge is 0.573 e. The molecule has 0 saturated carbocycles. The first-order valence-electron chi connectivity index (χ1n) is 6.99. The van der Waals surface area contributed by atoms with E-state index in [1.54, 1.807) is 13.0 Å². The van der Waals surface area contributed by atoms with Gasteiger partial charge in [-0.25, -0.2) is 13.1 Å². The quantitative estimate of drug-likeness (QED) is 0.886. The second-order valence-corrected chi connectivity index (χ2v) is 6.99. The van der Waals surface area contributed by atoms with Gasteiger partial charge in [-0.2, -0.15) is 0 Å². The molecule has 0 aliphatic carbocycles. The summed E-state index contributed by atoms with van der Waals surface area (Å²) in [7, 11) is -3.84. The first kappa shape index (κ1) is 18.3. The molecule has 0 saturated heterocycles. The van der Waals surface area contributed by atoms with Crippen LogP contribution in [0.5, 0.6) is 5.75 Å². The first-order chi connectivity index (χ1) is 11.1. The van der Waals surface area contributed by atoms with E-state index in [4.69, 9.17) is 0 Å². The predicted molar refractivity (Wildman–Crippen MR) is 83.1 cm³/mol. The van der Waals surface area contributed by atoms with Crippen molar-refractivity contribution >= 4 is 10.0 Å². The molecule has 130 valence electrons. The summed E-state index contributed by atoms with van der Waals surface area (Å²) in [6.07, 6.45) is -4.84. The van der Waals surface area contributed by atoms with Crippen molar-refractivity contribution in [2.45, 2.75) is 31.7 Å². The molecule has 2 aromatic rings. The van der Waals surface area contributed by atoms with E-state index >= 15 is 0 Å². The Kier molecular flexibility index (Phi) is 5.19. The molecule has 0 aromatic heterocycles. The number of alkyl halides is 3. The molecule has 0 bridgehead atoms. The number of nitrogens with one attached hydrogen (secondary N) is 1. The average Bonchev–Trinajstić information content (AvgIpc) is 2.47. The maximum atomic E-state index is 12.4. The molecule has 2 rings (SSSR count). The van der Waals surface area contributed by atoms with Crippen molar-refractivity contribution in [3.05, 3.63) is 59.2 Å². The van der Waals surface area contributed by atoms with Gasteiger partial charge >= 0.3 is 6.36 Å². The van der Waals surface area contributed by atoms with Gasteiger partial charge in [-0.3, -0.25) is 0 Å². The van der Waals surface area contributed by atoms with Crippen LogP contribution < -0.4 is 9.46 Å². The lowest BCUT2D eigenvalue weighted by molar-refractivity contribution is -0.274. The van der Waals surface area contributed by atoms with Crippen molar-refractivity contribution < 1.29 is 26.3 Å². The topological polar surface area (TPSA) is 55.4 Å². The maximum absolute atomic E-state index is 12.4. The van der Waals surface area contributed by atoms with Crippen molar-refractivity contribution in [3.63, 3.8) is 0 Å². The number of sulfonamides is 1. The molecule has 2 aromatic carbocycles. The summed E-state index contributed by atoms with van der Waals surface area (Å²) in [5.74, 6) is -0.437. The molecule has 0 atom stereocenters. The number of hydrogen-bond donors (Lipinski definition) is 1. The van der Waals surface area contributed by atoms with E-state index in [9.17, 15) is 21.6 Å². The van der Waals surface area contributed by atoms with E-state index < -0.39 is 22.1 Å². The van der Waals surface area contributed by atoms with Gasteiger partial charge in [-0.05, 0) is 43.2 Å². The van der Waals surface area contributed by atoms with Gasteiger partial charge in [0.1, 0.15) is 5.75 Å². The van der Waals surface area contributed by atoms with Crippen LogP contribution in [0, 0.1) is 13.8 Å². The second kappa shape index (κ2) is 6.82. The third-order valence-corrected chi connectivity index (χ3v) is 4.84. The van der Waals surface area contributed by atoms with Gasteiger partial charge in [0.05, 0.1) is 4.90 Å². The number of halogens is 3. The predicted octanol–water partition coefficient (Wildman–Crippen LogP) is 3.68. The fourth-order valence-corrected chi connectivity index (χ4v) is 3.10. The van der Waals surface area contributed by atoms with Gasteiger partial charge in [0.15, 0.2) is 0 Å². The minimum absolute atomic E-state index is 0.0554. The van der Waals surface area contributed by atoms with Gasteiger partial charge in [-0.1, -0.05) is 24.3 Å². The zero-order valence-corrected chi connectivity index (χ0v) is 13.8. The van der Waals surface area contributed by atoms with Crippen molar-refractivity contribution in [2.24, 2.45) is 0 Å². The Morgan fingerprint density at radius 2 is 1.71 bits per heavy atom. The Labute approximate surface area is 138 Å². The smallest absolute Gasteiger partial charge is 0.405 e. The van der Waals surface area contributed by atoms with Crippen LogP contribution in [0.25, 0.3) is 0 Å². The summed E-state index contributed by atoms with van der Waals surface area (Å²) >= 11 is 0. The van der Waals surface area contributed by atoms with Crippen LogP contribution in [0.3, 0.4) is 0 Å². The normalized spacial score (nSPS) is 12.2.